The average molecular weight is 441 g/mol. The lowest BCUT2D eigenvalue weighted by Crippen LogP contribution is -2.33. The van der Waals surface area contributed by atoms with Gasteiger partial charge in [0.05, 0.1) is 20.8 Å². The van der Waals surface area contributed by atoms with E-state index in [1.807, 2.05) is 29.0 Å². The normalized spacial score (nSPS) is 10.8. The number of ether oxygens (including phenoxy) is 3. The monoisotopic (exact) mass is 440 g/mol. The van der Waals surface area contributed by atoms with Gasteiger partial charge in [0.15, 0.2) is 0 Å². The number of nitrogens with zero attached hydrogens (tertiary/aromatic N) is 2. The van der Waals surface area contributed by atoms with Crippen LogP contribution in [0.15, 0.2) is 60.8 Å². The number of hydrogen-bond donors (Lipinski definition) is 0. The highest BCUT2D eigenvalue weighted by Gasteiger charge is 2.19. The molecule has 3 rings (SSSR count). The van der Waals surface area contributed by atoms with Crippen molar-refractivity contribution in [2.75, 3.05) is 34.5 Å². The molecule has 0 atom stereocenters. The van der Waals surface area contributed by atoms with E-state index in [1.165, 1.54) is 12.1 Å². The maximum atomic E-state index is 13.6. The van der Waals surface area contributed by atoms with E-state index in [2.05, 4.69) is 0 Å². The van der Waals surface area contributed by atoms with Crippen LogP contribution in [0.4, 0.5) is 4.39 Å². The van der Waals surface area contributed by atoms with E-state index < -0.39 is 0 Å². The lowest BCUT2D eigenvalue weighted by molar-refractivity contribution is 0.0719. The van der Waals surface area contributed by atoms with Crippen molar-refractivity contribution in [1.82, 2.24) is 9.47 Å². The fraction of sp³-hybridized carbons (Fsp3) is 0.320. The van der Waals surface area contributed by atoms with Gasteiger partial charge < -0.3 is 23.7 Å². The Hall–Kier alpha value is -3.32. The first-order valence-electron chi connectivity index (χ1n) is 10.4. The Morgan fingerprint density at radius 3 is 2.41 bits per heavy atom. The third-order valence-electron chi connectivity index (χ3n) is 5.18. The molecule has 6 nitrogen and oxygen atoms in total. The summed E-state index contributed by atoms with van der Waals surface area (Å²) in [6, 6.07) is 15.6. The first-order valence-corrected chi connectivity index (χ1v) is 10.4. The lowest BCUT2D eigenvalue weighted by Gasteiger charge is -2.24. The predicted molar refractivity (Wildman–Crippen MR) is 121 cm³/mol. The summed E-state index contributed by atoms with van der Waals surface area (Å²) in [4.78, 5) is 15.2. The van der Waals surface area contributed by atoms with Crippen LogP contribution >= 0.6 is 0 Å². The molecule has 0 unspecified atom stereocenters. The molecular formula is C25H29FN2O4. The third-order valence-corrected chi connectivity index (χ3v) is 5.18. The third kappa shape index (κ3) is 6.11. The van der Waals surface area contributed by atoms with Gasteiger partial charge in [-0.3, -0.25) is 4.79 Å². The van der Waals surface area contributed by atoms with Crippen molar-refractivity contribution < 1.29 is 23.4 Å². The molecule has 1 amide bonds. The zero-order valence-corrected chi connectivity index (χ0v) is 18.7. The Balaban J connectivity index is 1.84. The minimum atomic E-state index is -0.264. The quantitative estimate of drug-likeness (QED) is 0.416. The molecule has 7 heteroatoms. The maximum absolute atomic E-state index is 13.6. The molecule has 32 heavy (non-hydrogen) atoms. The van der Waals surface area contributed by atoms with Crippen LogP contribution in [-0.4, -0.2) is 49.9 Å². The summed E-state index contributed by atoms with van der Waals surface area (Å²) < 4.78 is 31.5. The highest BCUT2D eigenvalue weighted by molar-refractivity contribution is 5.95. The molecule has 0 aliphatic heterocycles. The Labute approximate surface area is 188 Å². The maximum Gasteiger partial charge on any atom is 0.254 e. The van der Waals surface area contributed by atoms with E-state index in [0.717, 1.165) is 11.3 Å². The molecule has 1 heterocycles. The van der Waals surface area contributed by atoms with Crippen molar-refractivity contribution in [2.45, 2.75) is 19.5 Å². The standard InChI is InChI=1S/C25H29FN2O4/c1-30-12-6-11-28(25(29)20-14-23(31-2)16-24(15-20)32-3)18-22-9-5-10-27(22)17-19-7-4-8-21(26)13-19/h4-5,7-10,13-16H,6,11-12,17-18H2,1-3H3. The lowest BCUT2D eigenvalue weighted by atomic mass is 10.1. The van der Waals surface area contributed by atoms with Crippen LogP contribution in [0, 0.1) is 5.82 Å². The summed E-state index contributed by atoms with van der Waals surface area (Å²) in [6.45, 7) is 2.00. The summed E-state index contributed by atoms with van der Waals surface area (Å²) in [5, 5.41) is 0. The van der Waals surface area contributed by atoms with Crippen LogP contribution in [0.2, 0.25) is 0 Å². The second kappa shape index (κ2) is 11.3. The van der Waals surface area contributed by atoms with Gasteiger partial charge in [-0.2, -0.15) is 0 Å². The van der Waals surface area contributed by atoms with Crippen LogP contribution in [0.5, 0.6) is 11.5 Å². The van der Waals surface area contributed by atoms with Crippen molar-refractivity contribution in [3.05, 3.63) is 83.4 Å². The summed E-state index contributed by atoms with van der Waals surface area (Å²) in [6.07, 6.45) is 2.64. The number of rotatable bonds is 11. The number of hydrogen-bond acceptors (Lipinski definition) is 4. The van der Waals surface area contributed by atoms with Crippen LogP contribution in [0.1, 0.15) is 28.0 Å². The molecule has 3 aromatic rings. The first-order chi connectivity index (χ1) is 15.5. The molecule has 0 spiro atoms. The minimum absolute atomic E-state index is 0.128. The molecule has 2 aromatic carbocycles. The van der Waals surface area contributed by atoms with Crippen molar-refractivity contribution in [2.24, 2.45) is 0 Å². The smallest absolute Gasteiger partial charge is 0.254 e. The van der Waals surface area contributed by atoms with Crippen molar-refractivity contribution in [3.8, 4) is 11.5 Å². The van der Waals surface area contributed by atoms with Gasteiger partial charge in [0.2, 0.25) is 0 Å². The number of methoxy groups -OCH3 is 3. The van der Waals surface area contributed by atoms with Gasteiger partial charge in [-0.1, -0.05) is 12.1 Å². The van der Waals surface area contributed by atoms with E-state index >= 15 is 0 Å². The molecule has 0 saturated carbocycles. The molecule has 0 fully saturated rings. The van der Waals surface area contributed by atoms with Crippen molar-refractivity contribution in [3.63, 3.8) is 0 Å². The molecule has 170 valence electrons. The van der Waals surface area contributed by atoms with E-state index in [1.54, 1.807) is 50.5 Å². The van der Waals surface area contributed by atoms with Crippen LogP contribution in [0.3, 0.4) is 0 Å². The summed E-state index contributed by atoms with van der Waals surface area (Å²) in [5.74, 6) is 0.717. The summed E-state index contributed by atoms with van der Waals surface area (Å²) in [5.41, 5.74) is 2.30. The summed E-state index contributed by atoms with van der Waals surface area (Å²) >= 11 is 0. The number of amides is 1. The highest BCUT2D eigenvalue weighted by atomic mass is 19.1. The van der Waals surface area contributed by atoms with Crippen LogP contribution in [-0.2, 0) is 17.8 Å². The van der Waals surface area contributed by atoms with Crippen molar-refractivity contribution >= 4 is 5.91 Å². The topological polar surface area (TPSA) is 52.9 Å². The molecule has 0 aliphatic carbocycles. The molecule has 0 N–H and O–H groups in total. The van der Waals surface area contributed by atoms with Gasteiger partial charge in [0.1, 0.15) is 17.3 Å². The average Bonchev–Trinajstić information content (AvgIpc) is 3.24. The summed E-state index contributed by atoms with van der Waals surface area (Å²) in [7, 11) is 4.75. The van der Waals surface area contributed by atoms with Gasteiger partial charge in [-0.25, -0.2) is 4.39 Å². The minimum Gasteiger partial charge on any atom is -0.497 e. The zero-order chi connectivity index (χ0) is 22.9. The van der Waals surface area contributed by atoms with Crippen molar-refractivity contribution in [1.29, 1.82) is 0 Å². The van der Waals surface area contributed by atoms with Gasteiger partial charge in [0.25, 0.3) is 5.91 Å². The second-order valence-corrected chi connectivity index (χ2v) is 7.43. The number of halogens is 1. The number of benzene rings is 2. The zero-order valence-electron chi connectivity index (χ0n) is 18.7. The van der Waals surface area contributed by atoms with E-state index in [-0.39, 0.29) is 11.7 Å². The molecule has 0 aliphatic rings. The second-order valence-electron chi connectivity index (χ2n) is 7.43. The van der Waals surface area contributed by atoms with Gasteiger partial charge in [-0.15, -0.1) is 0 Å². The first kappa shape index (κ1) is 23.3. The Morgan fingerprint density at radius 1 is 1.00 bits per heavy atom. The Bertz CT molecular complexity index is 1010. The SMILES string of the molecule is COCCCN(Cc1cccn1Cc1cccc(F)c1)C(=O)c1cc(OC)cc(OC)c1. The molecular weight excluding hydrogens is 411 g/mol. The molecule has 0 radical (unpaired) electrons. The Kier molecular flexibility index (Phi) is 8.27. The fourth-order valence-corrected chi connectivity index (χ4v) is 3.54. The van der Waals surface area contributed by atoms with Crippen LogP contribution in [0.25, 0.3) is 0 Å². The van der Waals surface area contributed by atoms with E-state index in [9.17, 15) is 9.18 Å². The highest BCUT2D eigenvalue weighted by Crippen LogP contribution is 2.24. The predicted octanol–water partition coefficient (Wildman–Crippen LogP) is 4.37. The fourth-order valence-electron chi connectivity index (χ4n) is 3.54. The van der Waals surface area contributed by atoms with E-state index in [4.69, 9.17) is 14.2 Å². The number of carbonyl (C=O) groups is 1. The van der Waals surface area contributed by atoms with E-state index in [0.29, 0.717) is 49.7 Å². The molecule has 1 aromatic heterocycles. The number of aromatic nitrogens is 1. The van der Waals surface area contributed by atoms with Gasteiger partial charge in [0, 0.05) is 50.3 Å². The largest absolute Gasteiger partial charge is 0.497 e. The van der Waals surface area contributed by atoms with Crippen LogP contribution < -0.4 is 9.47 Å². The Morgan fingerprint density at radius 2 is 1.75 bits per heavy atom. The number of carbonyl (C=O) groups excluding carboxylic acids is 1. The van der Waals surface area contributed by atoms with Gasteiger partial charge in [-0.05, 0) is 48.4 Å². The molecule has 0 bridgehead atoms. The molecule has 0 saturated heterocycles. The van der Waals surface area contributed by atoms with Gasteiger partial charge >= 0.3 is 0 Å².